The number of nitrogens with one attached hydrogen (secondary N) is 1. The highest BCUT2D eigenvalue weighted by Gasteiger charge is 2.31. The van der Waals surface area contributed by atoms with Crippen LogP contribution in [0.5, 0.6) is 5.75 Å². The molecule has 1 unspecified atom stereocenters. The number of amides is 1. The molecule has 1 amide bonds. The highest BCUT2D eigenvalue weighted by atomic mass is 16.5. The van der Waals surface area contributed by atoms with E-state index in [0.29, 0.717) is 28.1 Å². The summed E-state index contributed by atoms with van der Waals surface area (Å²) in [7, 11) is 4.36. The molecule has 1 heterocycles. The number of carbonyl (C=O) groups is 3. The molecule has 30 heavy (non-hydrogen) atoms. The van der Waals surface area contributed by atoms with Crippen LogP contribution >= 0.6 is 0 Å². The number of Topliss-reactive ketones (excluding diaryl/α,β-unsaturated/α-hetero) is 1. The lowest BCUT2D eigenvalue weighted by Gasteiger charge is -2.28. The molecule has 0 saturated heterocycles. The lowest BCUT2D eigenvalue weighted by molar-refractivity contribution is 0.0563. The summed E-state index contributed by atoms with van der Waals surface area (Å²) in [5, 5.41) is 0. The molecule has 0 fully saturated rings. The summed E-state index contributed by atoms with van der Waals surface area (Å²) in [6, 6.07) is 5.92. The summed E-state index contributed by atoms with van der Waals surface area (Å²) in [5.74, 6) is -0.482. The number of H-pyrrole nitrogens is 1. The zero-order chi connectivity index (χ0) is 22.4. The number of aryl methyl sites for hydroxylation is 1. The molecule has 2 rings (SSSR count). The van der Waals surface area contributed by atoms with E-state index >= 15 is 0 Å². The number of ether oxygens (including phenoxy) is 3. The molecule has 8 nitrogen and oxygen atoms in total. The van der Waals surface area contributed by atoms with Crippen molar-refractivity contribution in [2.24, 2.45) is 0 Å². The average molecular weight is 416 g/mol. The van der Waals surface area contributed by atoms with Gasteiger partial charge in [0.05, 0.1) is 26.9 Å². The molecule has 0 aliphatic rings. The second-order valence-corrected chi connectivity index (χ2v) is 6.88. The van der Waals surface area contributed by atoms with Crippen LogP contribution in [-0.2, 0) is 9.47 Å². The quantitative estimate of drug-likeness (QED) is 0.499. The number of nitrogens with zero attached hydrogens (tertiary/aromatic N) is 1. The third kappa shape index (κ3) is 4.71. The van der Waals surface area contributed by atoms with E-state index in [0.717, 1.165) is 0 Å². The molecule has 2 aromatic rings. The van der Waals surface area contributed by atoms with Gasteiger partial charge in [-0.25, -0.2) is 4.79 Å². The van der Waals surface area contributed by atoms with Crippen LogP contribution in [0.25, 0.3) is 0 Å². The van der Waals surface area contributed by atoms with Crippen LogP contribution < -0.4 is 4.74 Å². The van der Waals surface area contributed by atoms with Crippen molar-refractivity contribution in [1.29, 1.82) is 0 Å². The number of methoxy groups -OCH3 is 3. The van der Waals surface area contributed by atoms with E-state index in [-0.39, 0.29) is 30.5 Å². The predicted molar refractivity (Wildman–Crippen MR) is 111 cm³/mol. The van der Waals surface area contributed by atoms with Gasteiger partial charge in [0.1, 0.15) is 11.4 Å². The van der Waals surface area contributed by atoms with E-state index < -0.39 is 12.0 Å². The molecular weight excluding hydrogens is 388 g/mol. The van der Waals surface area contributed by atoms with Gasteiger partial charge in [0.25, 0.3) is 5.91 Å². The maximum Gasteiger partial charge on any atom is 0.354 e. The van der Waals surface area contributed by atoms with Gasteiger partial charge in [-0.3, -0.25) is 9.59 Å². The Kier molecular flexibility index (Phi) is 7.77. The molecule has 1 N–H and O–H groups in total. The third-order valence-electron chi connectivity index (χ3n) is 5.05. The Balaban J connectivity index is 2.37. The highest BCUT2D eigenvalue weighted by molar-refractivity contribution is 6.07. The molecular formula is C22H28N2O6. The van der Waals surface area contributed by atoms with E-state index in [2.05, 4.69) is 4.98 Å². The van der Waals surface area contributed by atoms with E-state index in [1.165, 1.54) is 19.1 Å². The minimum Gasteiger partial charge on any atom is -0.497 e. The minimum absolute atomic E-state index is 0.232. The Labute approximate surface area is 176 Å². The number of esters is 1. The first-order chi connectivity index (χ1) is 14.3. The Morgan fingerprint density at radius 1 is 1.07 bits per heavy atom. The minimum atomic E-state index is -0.770. The zero-order valence-electron chi connectivity index (χ0n) is 18.2. The van der Waals surface area contributed by atoms with Crippen molar-refractivity contribution in [2.45, 2.75) is 26.8 Å². The smallest absolute Gasteiger partial charge is 0.354 e. The van der Waals surface area contributed by atoms with E-state index in [1.54, 1.807) is 52.1 Å². The van der Waals surface area contributed by atoms with Crippen molar-refractivity contribution in [3.8, 4) is 5.75 Å². The Morgan fingerprint density at radius 3 is 2.23 bits per heavy atom. The van der Waals surface area contributed by atoms with Crippen LogP contribution in [0.15, 0.2) is 24.3 Å². The summed E-state index contributed by atoms with van der Waals surface area (Å²) >= 11 is 0. The number of ketones is 1. The third-order valence-corrected chi connectivity index (χ3v) is 5.05. The maximum atomic E-state index is 13.3. The number of carbonyl (C=O) groups excluding carboxylic acids is 3. The standard InChI is InChI=1S/C22H28N2O6/c1-13-18(14(2)23-19(13)22(27)30-6)20(25)15(3)24(11-12-28-4)21(26)16-7-9-17(29-5)10-8-16/h7-10,15,23H,11-12H2,1-6H3. The largest absolute Gasteiger partial charge is 0.497 e. The first-order valence-corrected chi connectivity index (χ1v) is 9.52. The topological polar surface area (TPSA) is 97.9 Å². The van der Waals surface area contributed by atoms with Crippen LogP contribution in [0, 0.1) is 13.8 Å². The molecule has 162 valence electrons. The Hall–Kier alpha value is -3.13. The van der Waals surface area contributed by atoms with Gasteiger partial charge in [0.2, 0.25) is 0 Å². The maximum absolute atomic E-state index is 13.3. The lowest BCUT2D eigenvalue weighted by Crippen LogP contribution is -2.45. The fourth-order valence-electron chi connectivity index (χ4n) is 3.34. The highest BCUT2D eigenvalue weighted by Crippen LogP contribution is 2.23. The van der Waals surface area contributed by atoms with Gasteiger partial charge in [-0.2, -0.15) is 0 Å². The van der Waals surface area contributed by atoms with Gasteiger partial charge in [0.15, 0.2) is 5.78 Å². The number of hydrogen-bond donors (Lipinski definition) is 1. The Morgan fingerprint density at radius 2 is 1.70 bits per heavy atom. The fourth-order valence-corrected chi connectivity index (χ4v) is 3.34. The van der Waals surface area contributed by atoms with Crippen LogP contribution in [0.2, 0.25) is 0 Å². The van der Waals surface area contributed by atoms with E-state index in [4.69, 9.17) is 14.2 Å². The second kappa shape index (κ2) is 10.1. The number of benzene rings is 1. The van der Waals surface area contributed by atoms with E-state index in [9.17, 15) is 14.4 Å². The SMILES string of the molecule is COCCN(C(=O)c1ccc(OC)cc1)C(C)C(=O)c1c(C)[nH]c(C(=O)OC)c1C. The van der Waals surface area contributed by atoms with Crippen LogP contribution in [0.3, 0.4) is 0 Å². The summed E-state index contributed by atoms with van der Waals surface area (Å²) in [6.45, 7) is 5.58. The van der Waals surface area contributed by atoms with Gasteiger partial charge in [-0.1, -0.05) is 0 Å². The van der Waals surface area contributed by atoms with Crippen LogP contribution in [0.1, 0.15) is 49.4 Å². The van der Waals surface area contributed by atoms with E-state index in [1.807, 2.05) is 0 Å². The van der Waals surface area contributed by atoms with Crippen molar-refractivity contribution >= 4 is 17.7 Å². The molecule has 1 aromatic heterocycles. The molecule has 1 atom stereocenters. The monoisotopic (exact) mass is 416 g/mol. The Bertz CT molecular complexity index is 916. The molecule has 1 aromatic carbocycles. The van der Waals surface area contributed by atoms with Crippen molar-refractivity contribution in [2.75, 3.05) is 34.5 Å². The number of rotatable bonds is 9. The first-order valence-electron chi connectivity index (χ1n) is 9.52. The molecule has 0 spiro atoms. The fraction of sp³-hybridized carbons (Fsp3) is 0.409. The van der Waals surface area contributed by atoms with Gasteiger partial charge in [-0.15, -0.1) is 0 Å². The van der Waals surface area contributed by atoms with Crippen molar-refractivity contribution in [1.82, 2.24) is 9.88 Å². The first kappa shape index (κ1) is 23.2. The van der Waals surface area contributed by atoms with Crippen molar-refractivity contribution in [3.05, 3.63) is 52.3 Å². The van der Waals surface area contributed by atoms with Gasteiger partial charge < -0.3 is 24.1 Å². The average Bonchev–Trinajstić information content (AvgIpc) is 3.06. The zero-order valence-corrected chi connectivity index (χ0v) is 18.2. The predicted octanol–water partition coefficient (Wildman–Crippen LogP) is 2.79. The van der Waals surface area contributed by atoms with Crippen LogP contribution in [-0.4, -0.2) is 68.1 Å². The molecule has 8 heteroatoms. The van der Waals surface area contributed by atoms with Gasteiger partial charge >= 0.3 is 5.97 Å². The summed E-state index contributed by atoms with van der Waals surface area (Å²) in [4.78, 5) is 42.8. The lowest BCUT2D eigenvalue weighted by atomic mass is 9.99. The molecule has 0 radical (unpaired) electrons. The van der Waals surface area contributed by atoms with Crippen LogP contribution in [0.4, 0.5) is 0 Å². The normalized spacial score (nSPS) is 11.7. The second-order valence-electron chi connectivity index (χ2n) is 6.88. The number of aromatic nitrogens is 1. The summed E-state index contributed by atoms with van der Waals surface area (Å²) in [5.41, 5.74) is 2.10. The molecule has 0 bridgehead atoms. The van der Waals surface area contributed by atoms with Gasteiger partial charge in [-0.05, 0) is 50.6 Å². The van der Waals surface area contributed by atoms with Crippen molar-refractivity contribution in [3.63, 3.8) is 0 Å². The summed E-state index contributed by atoms with van der Waals surface area (Å²) < 4.78 is 15.0. The molecule has 0 saturated carbocycles. The summed E-state index contributed by atoms with van der Waals surface area (Å²) in [6.07, 6.45) is 0. The van der Waals surface area contributed by atoms with Crippen molar-refractivity contribution < 1.29 is 28.6 Å². The molecule has 0 aliphatic carbocycles. The number of hydrogen-bond acceptors (Lipinski definition) is 6. The van der Waals surface area contributed by atoms with Gasteiger partial charge in [0, 0.05) is 30.5 Å². The molecule has 0 aliphatic heterocycles. The number of aromatic amines is 1.